The minimum atomic E-state index is -0.540. The number of aromatic nitrogens is 2. The molecule has 2 N–H and O–H groups in total. The van der Waals surface area contributed by atoms with Crippen molar-refractivity contribution in [2.24, 2.45) is 5.41 Å². The number of hydrogen-bond acceptors (Lipinski definition) is 6. The van der Waals surface area contributed by atoms with Crippen molar-refractivity contribution in [3.63, 3.8) is 0 Å². The highest BCUT2D eigenvalue weighted by Crippen LogP contribution is 2.41. The second-order valence-electron chi connectivity index (χ2n) is 8.48. The van der Waals surface area contributed by atoms with Gasteiger partial charge in [-0.05, 0) is 24.1 Å². The lowest BCUT2D eigenvalue weighted by Gasteiger charge is -2.55. The molecule has 1 aromatic heterocycles. The molecule has 3 fully saturated rings. The number of nitrogens with zero attached hydrogens (tertiary/aromatic N) is 4. The van der Waals surface area contributed by atoms with Crippen molar-refractivity contribution in [2.75, 3.05) is 44.7 Å². The summed E-state index contributed by atoms with van der Waals surface area (Å²) in [5, 5.41) is 5.74. The van der Waals surface area contributed by atoms with Gasteiger partial charge in [-0.25, -0.2) is 9.78 Å². The second-order valence-corrected chi connectivity index (χ2v) is 8.48. The first kappa shape index (κ1) is 18.7. The maximum atomic E-state index is 13.6. The summed E-state index contributed by atoms with van der Waals surface area (Å²) in [5.74, 6) is 1.68. The van der Waals surface area contributed by atoms with Crippen molar-refractivity contribution in [1.29, 1.82) is 0 Å². The molecule has 1 aromatic carbocycles. The van der Waals surface area contributed by atoms with E-state index in [0.29, 0.717) is 39.1 Å². The molecule has 4 heterocycles. The Kier molecular flexibility index (Phi) is 4.27. The van der Waals surface area contributed by atoms with E-state index in [1.807, 2.05) is 29.2 Å². The lowest BCUT2D eigenvalue weighted by molar-refractivity contribution is -0.152. The number of carbonyl (C=O) groups is 2. The van der Waals surface area contributed by atoms with Gasteiger partial charge < -0.3 is 25.2 Å². The lowest BCUT2D eigenvalue weighted by atomic mass is 9.72. The third kappa shape index (κ3) is 3.10. The summed E-state index contributed by atoms with van der Waals surface area (Å²) < 4.78 is 5.35. The van der Waals surface area contributed by atoms with E-state index in [0.717, 1.165) is 17.1 Å². The standard InChI is InChI=1S/C21H24N6O3/c1-30-16-4-2-3-15(7-16)8-20(11-26(12-20)17-9-22-5-6-23-17)18(28)27-13-21(14-27)10-24-19(29)25-21/h2-7,9H,8,10-14H2,1H3,(H2,24,25,29). The molecule has 3 amide bonds. The number of methoxy groups -OCH3 is 1. The topological polar surface area (TPSA) is 99.7 Å². The highest BCUT2D eigenvalue weighted by molar-refractivity contribution is 5.88. The number of likely N-dealkylation sites (tertiary alicyclic amines) is 1. The molecule has 2 aromatic rings. The minimum absolute atomic E-state index is 0.122. The molecule has 3 saturated heterocycles. The molecule has 3 aliphatic rings. The van der Waals surface area contributed by atoms with E-state index in [9.17, 15) is 9.59 Å². The zero-order chi connectivity index (χ0) is 20.8. The average Bonchev–Trinajstić information content (AvgIpc) is 3.12. The fraction of sp³-hybridized carbons (Fsp3) is 0.429. The van der Waals surface area contributed by atoms with E-state index in [1.165, 1.54) is 0 Å². The number of ether oxygens (including phenoxy) is 1. The van der Waals surface area contributed by atoms with E-state index in [-0.39, 0.29) is 17.5 Å². The van der Waals surface area contributed by atoms with Crippen molar-refractivity contribution in [3.8, 4) is 5.75 Å². The van der Waals surface area contributed by atoms with Gasteiger partial charge in [0.15, 0.2) is 0 Å². The van der Waals surface area contributed by atoms with Crippen LogP contribution in [-0.4, -0.2) is 72.2 Å². The average molecular weight is 408 g/mol. The van der Waals surface area contributed by atoms with Crippen molar-refractivity contribution < 1.29 is 14.3 Å². The molecular weight excluding hydrogens is 384 g/mol. The maximum absolute atomic E-state index is 13.6. The number of urea groups is 1. The van der Waals surface area contributed by atoms with Crippen LogP contribution in [0.4, 0.5) is 10.6 Å². The first-order valence-electron chi connectivity index (χ1n) is 10.0. The summed E-state index contributed by atoms with van der Waals surface area (Å²) in [6.45, 7) is 2.79. The van der Waals surface area contributed by atoms with Gasteiger partial charge in [-0.1, -0.05) is 12.1 Å². The van der Waals surface area contributed by atoms with Crippen LogP contribution < -0.4 is 20.3 Å². The molecule has 0 aliphatic carbocycles. The smallest absolute Gasteiger partial charge is 0.315 e. The molecule has 9 heteroatoms. The fourth-order valence-electron chi connectivity index (χ4n) is 4.73. The van der Waals surface area contributed by atoms with Crippen molar-refractivity contribution >= 4 is 17.8 Å². The van der Waals surface area contributed by atoms with Crippen molar-refractivity contribution in [1.82, 2.24) is 25.5 Å². The van der Waals surface area contributed by atoms with Crippen LogP contribution in [0.5, 0.6) is 5.75 Å². The first-order chi connectivity index (χ1) is 14.5. The van der Waals surface area contributed by atoms with Gasteiger partial charge in [0.1, 0.15) is 11.6 Å². The molecule has 0 saturated carbocycles. The molecule has 1 spiro atoms. The van der Waals surface area contributed by atoms with Gasteiger partial charge in [0.2, 0.25) is 5.91 Å². The Labute approximate surface area is 174 Å². The predicted octanol–water partition coefficient (Wildman–Crippen LogP) is 0.428. The van der Waals surface area contributed by atoms with Crippen LogP contribution >= 0.6 is 0 Å². The van der Waals surface area contributed by atoms with Gasteiger partial charge in [-0.3, -0.25) is 9.78 Å². The largest absolute Gasteiger partial charge is 0.497 e. The summed E-state index contributed by atoms with van der Waals surface area (Å²) in [5.41, 5.74) is 0.201. The number of hydrogen-bond donors (Lipinski definition) is 2. The Balaban J connectivity index is 1.35. The summed E-state index contributed by atoms with van der Waals surface area (Å²) in [6.07, 6.45) is 5.64. The fourth-order valence-corrected chi connectivity index (χ4v) is 4.73. The van der Waals surface area contributed by atoms with Gasteiger partial charge in [0.25, 0.3) is 0 Å². The maximum Gasteiger partial charge on any atom is 0.315 e. The predicted molar refractivity (Wildman–Crippen MR) is 109 cm³/mol. The van der Waals surface area contributed by atoms with Crippen LogP contribution in [-0.2, 0) is 11.2 Å². The van der Waals surface area contributed by atoms with E-state index in [2.05, 4.69) is 25.5 Å². The molecule has 5 rings (SSSR count). The van der Waals surface area contributed by atoms with Crippen LogP contribution in [0.3, 0.4) is 0 Å². The Morgan fingerprint density at radius 2 is 2.07 bits per heavy atom. The van der Waals surface area contributed by atoms with Crippen LogP contribution in [0.2, 0.25) is 0 Å². The number of rotatable bonds is 5. The van der Waals surface area contributed by atoms with Crippen molar-refractivity contribution in [2.45, 2.75) is 12.0 Å². The van der Waals surface area contributed by atoms with Crippen LogP contribution in [0.25, 0.3) is 0 Å². The molecule has 0 unspecified atom stereocenters. The Bertz CT molecular complexity index is 970. The van der Waals surface area contributed by atoms with Gasteiger partial charge >= 0.3 is 6.03 Å². The molecule has 3 aliphatic heterocycles. The van der Waals surface area contributed by atoms with E-state index in [1.54, 1.807) is 25.7 Å². The molecule has 156 valence electrons. The van der Waals surface area contributed by atoms with Gasteiger partial charge in [-0.15, -0.1) is 0 Å². The summed E-state index contributed by atoms with van der Waals surface area (Å²) >= 11 is 0. The SMILES string of the molecule is COc1cccc(CC2(C(=O)N3CC4(CNC(=O)N4)C3)CN(c3cnccn3)C2)c1. The lowest BCUT2D eigenvalue weighted by Crippen LogP contribution is -2.75. The van der Waals surface area contributed by atoms with E-state index in [4.69, 9.17) is 4.74 Å². The molecule has 0 atom stereocenters. The summed E-state index contributed by atoms with van der Waals surface area (Å²) in [6, 6.07) is 7.70. The third-order valence-electron chi connectivity index (χ3n) is 6.23. The molecule has 9 nitrogen and oxygen atoms in total. The summed E-state index contributed by atoms with van der Waals surface area (Å²) in [7, 11) is 1.64. The molecular formula is C21H24N6O3. The summed E-state index contributed by atoms with van der Waals surface area (Å²) in [4.78, 5) is 37.6. The highest BCUT2D eigenvalue weighted by atomic mass is 16.5. The van der Waals surface area contributed by atoms with Crippen LogP contribution in [0.1, 0.15) is 5.56 Å². The van der Waals surface area contributed by atoms with Gasteiger partial charge in [-0.2, -0.15) is 0 Å². The number of carbonyl (C=O) groups excluding carboxylic acids is 2. The number of anilines is 1. The minimum Gasteiger partial charge on any atom is -0.497 e. The zero-order valence-electron chi connectivity index (χ0n) is 16.8. The molecule has 0 radical (unpaired) electrons. The first-order valence-corrected chi connectivity index (χ1v) is 10.0. The zero-order valence-corrected chi connectivity index (χ0v) is 16.8. The molecule has 30 heavy (non-hydrogen) atoms. The Morgan fingerprint density at radius 1 is 1.23 bits per heavy atom. The van der Waals surface area contributed by atoms with Crippen LogP contribution in [0.15, 0.2) is 42.9 Å². The van der Waals surface area contributed by atoms with E-state index >= 15 is 0 Å². The Morgan fingerprint density at radius 3 is 2.73 bits per heavy atom. The van der Waals surface area contributed by atoms with Crippen LogP contribution in [0, 0.1) is 5.41 Å². The Hall–Kier alpha value is -3.36. The second kappa shape index (κ2) is 6.86. The highest BCUT2D eigenvalue weighted by Gasteiger charge is 2.57. The van der Waals surface area contributed by atoms with Crippen molar-refractivity contribution in [3.05, 3.63) is 48.4 Å². The monoisotopic (exact) mass is 408 g/mol. The quantitative estimate of drug-likeness (QED) is 0.744. The number of amides is 3. The molecule has 0 bridgehead atoms. The van der Waals surface area contributed by atoms with E-state index < -0.39 is 5.41 Å². The third-order valence-corrected chi connectivity index (χ3v) is 6.23. The number of nitrogens with one attached hydrogen (secondary N) is 2. The van der Waals surface area contributed by atoms with Gasteiger partial charge in [0, 0.05) is 45.1 Å². The normalized spacial score (nSPS) is 20.8. The number of benzene rings is 1. The van der Waals surface area contributed by atoms with Gasteiger partial charge in [0.05, 0.1) is 24.3 Å².